The van der Waals surface area contributed by atoms with Crippen molar-refractivity contribution in [2.75, 3.05) is 11.5 Å². The molecule has 0 fully saturated rings. The normalized spacial score (nSPS) is 8.70. The molecule has 0 heterocycles. The molecule has 0 aliphatic carbocycles. The molecule has 0 aliphatic heterocycles. The monoisotopic (exact) mass is 158 g/mol. The van der Waals surface area contributed by atoms with Crippen molar-refractivity contribution in [1.29, 1.82) is 5.26 Å². The summed E-state index contributed by atoms with van der Waals surface area (Å²) in [4.78, 5) is 10.2. The maximum atomic E-state index is 10.2. The molecule has 0 radical (unpaired) electrons. The Morgan fingerprint density at radius 3 is 2.80 bits per heavy atom. The second-order valence-electron chi connectivity index (χ2n) is 1.74. The lowest BCUT2D eigenvalue weighted by Gasteiger charge is -1.93. The zero-order chi connectivity index (χ0) is 7.82. The first-order valence-corrected chi connectivity index (χ1v) is 4.16. The van der Waals surface area contributed by atoms with Crippen molar-refractivity contribution in [3.05, 3.63) is 0 Å². The van der Waals surface area contributed by atoms with Gasteiger partial charge in [0.2, 0.25) is 5.91 Å². The van der Waals surface area contributed by atoms with Gasteiger partial charge in [-0.05, 0) is 0 Å². The van der Waals surface area contributed by atoms with Crippen LogP contribution >= 0.6 is 11.8 Å². The maximum absolute atomic E-state index is 10.2. The number of carbonyl (C=O) groups is 1. The van der Waals surface area contributed by atoms with Crippen LogP contribution in [0.3, 0.4) is 0 Å². The predicted octanol–water partition coefficient (Wildman–Crippen LogP) is 0.509. The molecule has 0 aromatic rings. The molecule has 0 saturated carbocycles. The van der Waals surface area contributed by atoms with Gasteiger partial charge in [-0.25, -0.2) is 0 Å². The lowest BCUT2D eigenvalue weighted by Crippen LogP contribution is -2.10. The predicted molar refractivity (Wildman–Crippen MR) is 41.4 cm³/mol. The largest absolute Gasteiger partial charge is 0.370 e. The van der Waals surface area contributed by atoms with E-state index >= 15 is 0 Å². The maximum Gasteiger partial charge on any atom is 0.218 e. The minimum absolute atomic E-state index is 0.274. The number of amides is 1. The van der Waals surface area contributed by atoms with Gasteiger partial charge in [0.25, 0.3) is 0 Å². The number of hydrogen-bond donors (Lipinski definition) is 1. The van der Waals surface area contributed by atoms with Gasteiger partial charge in [0.05, 0.1) is 6.07 Å². The van der Waals surface area contributed by atoms with Gasteiger partial charge in [-0.15, -0.1) is 0 Å². The Hall–Kier alpha value is -0.690. The quantitative estimate of drug-likeness (QED) is 0.593. The molecule has 0 unspecified atom stereocenters. The average molecular weight is 158 g/mol. The van der Waals surface area contributed by atoms with Crippen molar-refractivity contribution < 1.29 is 4.79 Å². The number of carbonyl (C=O) groups excluding carboxylic acids is 1. The van der Waals surface area contributed by atoms with Gasteiger partial charge >= 0.3 is 0 Å². The van der Waals surface area contributed by atoms with Crippen LogP contribution < -0.4 is 5.73 Å². The van der Waals surface area contributed by atoms with E-state index < -0.39 is 0 Å². The van der Waals surface area contributed by atoms with Gasteiger partial charge in [-0.1, -0.05) is 0 Å². The molecule has 2 N–H and O–H groups in total. The summed E-state index contributed by atoms with van der Waals surface area (Å²) in [6.45, 7) is 0. The van der Waals surface area contributed by atoms with Crippen molar-refractivity contribution >= 4 is 17.7 Å². The van der Waals surface area contributed by atoms with Crippen LogP contribution in [-0.2, 0) is 4.79 Å². The number of nitriles is 1. The Morgan fingerprint density at radius 2 is 2.30 bits per heavy atom. The molecule has 0 saturated heterocycles. The molecule has 56 valence electrons. The van der Waals surface area contributed by atoms with Crippen LogP contribution in [0.15, 0.2) is 0 Å². The third-order valence-electron chi connectivity index (χ3n) is 0.851. The van der Waals surface area contributed by atoms with Crippen LogP contribution in [-0.4, -0.2) is 17.4 Å². The van der Waals surface area contributed by atoms with Gasteiger partial charge in [-0.2, -0.15) is 17.0 Å². The van der Waals surface area contributed by atoms with Crippen molar-refractivity contribution in [2.24, 2.45) is 5.73 Å². The second kappa shape index (κ2) is 6.43. The molecule has 0 atom stereocenters. The standard InChI is InChI=1S/C6H10N2OS/c7-3-1-4-10-5-2-6(8)9/h1-2,4-5H2,(H2,8,9). The van der Waals surface area contributed by atoms with Crippen LogP contribution in [0.2, 0.25) is 0 Å². The fourth-order valence-corrected chi connectivity index (χ4v) is 1.18. The van der Waals surface area contributed by atoms with E-state index in [9.17, 15) is 4.79 Å². The third-order valence-corrected chi connectivity index (χ3v) is 1.84. The highest BCUT2D eigenvalue weighted by Crippen LogP contribution is 2.02. The van der Waals surface area contributed by atoms with E-state index in [0.29, 0.717) is 12.8 Å². The summed E-state index contributed by atoms with van der Waals surface area (Å²) in [6.07, 6.45) is 0.958. The summed E-state index contributed by atoms with van der Waals surface area (Å²) in [5.74, 6) is 1.25. The van der Waals surface area contributed by atoms with Crippen molar-refractivity contribution in [3.63, 3.8) is 0 Å². The summed E-state index contributed by atoms with van der Waals surface area (Å²) in [5, 5.41) is 8.12. The number of thioether (sulfide) groups is 1. The summed E-state index contributed by atoms with van der Waals surface area (Å²) in [7, 11) is 0. The van der Waals surface area contributed by atoms with E-state index in [1.165, 1.54) is 0 Å². The van der Waals surface area contributed by atoms with E-state index in [-0.39, 0.29) is 5.91 Å². The minimum Gasteiger partial charge on any atom is -0.370 e. The number of primary amides is 1. The molecular weight excluding hydrogens is 148 g/mol. The van der Waals surface area contributed by atoms with Crippen LogP contribution in [0.1, 0.15) is 12.8 Å². The molecule has 0 aromatic carbocycles. The Morgan fingerprint density at radius 1 is 1.60 bits per heavy atom. The molecular formula is C6H10N2OS. The number of hydrogen-bond acceptors (Lipinski definition) is 3. The van der Waals surface area contributed by atoms with Crippen molar-refractivity contribution in [3.8, 4) is 6.07 Å². The molecule has 0 bridgehead atoms. The fourth-order valence-electron chi connectivity index (χ4n) is 0.393. The van der Waals surface area contributed by atoms with Crippen molar-refractivity contribution in [2.45, 2.75) is 12.8 Å². The van der Waals surface area contributed by atoms with E-state index in [1.807, 2.05) is 6.07 Å². The Kier molecular flexibility index (Phi) is 5.99. The lowest BCUT2D eigenvalue weighted by molar-refractivity contribution is -0.117. The lowest BCUT2D eigenvalue weighted by atomic mass is 10.5. The van der Waals surface area contributed by atoms with Gasteiger partial charge < -0.3 is 5.73 Å². The molecule has 0 rings (SSSR count). The van der Waals surface area contributed by atoms with Crippen molar-refractivity contribution in [1.82, 2.24) is 0 Å². The van der Waals surface area contributed by atoms with E-state index in [1.54, 1.807) is 11.8 Å². The van der Waals surface area contributed by atoms with Gasteiger partial charge in [0, 0.05) is 24.3 Å². The molecule has 0 aromatic heterocycles. The van der Waals surface area contributed by atoms with Crippen LogP contribution in [0.4, 0.5) is 0 Å². The van der Waals surface area contributed by atoms with E-state index in [2.05, 4.69) is 0 Å². The van der Waals surface area contributed by atoms with Crippen LogP contribution in [0.25, 0.3) is 0 Å². The highest BCUT2D eigenvalue weighted by atomic mass is 32.2. The molecule has 4 heteroatoms. The molecule has 10 heavy (non-hydrogen) atoms. The first-order chi connectivity index (χ1) is 4.77. The van der Waals surface area contributed by atoms with Crippen LogP contribution in [0, 0.1) is 11.3 Å². The van der Waals surface area contributed by atoms with E-state index in [0.717, 1.165) is 11.5 Å². The van der Waals surface area contributed by atoms with Gasteiger partial charge in [0.15, 0.2) is 0 Å². The number of rotatable bonds is 5. The SMILES string of the molecule is N#CCCSCCC(N)=O. The van der Waals surface area contributed by atoms with E-state index in [4.69, 9.17) is 11.0 Å². The molecule has 0 aliphatic rings. The number of nitrogens with two attached hydrogens (primary N) is 1. The summed E-state index contributed by atoms with van der Waals surface area (Å²) < 4.78 is 0. The summed E-state index contributed by atoms with van der Waals surface area (Å²) >= 11 is 1.58. The highest BCUT2D eigenvalue weighted by Gasteiger charge is 1.93. The fraction of sp³-hybridized carbons (Fsp3) is 0.667. The first kappa shape index (κ1) is 9.31. The third kappa shape index (κ3) is 7.31. The smallest absolute Gasteiger partial charge is 0.218 e. The minimum atomic E-state index is -0.274. The number of nitrogens with zero attached hydrogens (tertiary/aromatic N) is 1. The molecule has 3 nitrogen and oxygen atoms in total. The van der Waals surface area contributed by atoms with Gasteiger partial charge in [0.1, 0.15) is 0 Å². The first-order valence-electron chi connectivity index (χ1n) is 3.00. The Balaban J connectivity index is 2.92. The Labute approximate surface area is 64.6 Å². The summed E-state index contributed by atoms with van der Waals surface area (Å²) in [6, 6.07) is 2.02. The second-order valence-corrected chi connectivity index (χ2v) is 2.96. The zero-order valence-electron chi connectivity index (χ0n) is 5.67. The average Bonchev–Trinajstić information content (AvgIpc) is 1.87. The summed E-state index contributed by atoms with van der Waals surface area (Å²) in [5.41, 5.74) is 4.89. The van der Waals surface area contributed by atoms with Crippen LogP contribution in [0.5, 0.6) is 0 Å². The topological polar surface area (TPSA) is 66.9 Å². The zero-order valence-corrected chi connectivity index (χ0v) is 6.49. The highest BCUT2D eigenvalue weighted by molar-refractivity contribution is 7.99. The molecule has 1 amide bonds. The Bertz CT molecular complexity index is 141. The molecule has 0 spiro atoms. The van der Waals surface area contributed by atoms with Gasteiger partial charge in [-0.3, -0.25) is 4.79 Å².